The van der Waals surface area contributed by atoms with Crippen molar-refractivity contribution in [3.8, 4) is 11.5 Å². The van der Waals surface area contributed by atoms with Gasteiger partial charge in [0.05, 0.1) is 19.9 Å². The predicted octanol–water partition coefficient (Wildman–Crippen LogP) is 2.55. The summed E-state index contributed by atoms with van der Waals surface area (Å²) in [7, 11) is 2.90. The quantitative estimate of drug-likeness (QED) is 0.636. The minimum atomic E-state index is -0.710. The molecule has 0 fully saturated rings. The van der Waals surface area contributed by atoms with E-state index in [2.05, 4.69) is 10.3 Å². The Morgan fingerprint density at radius 2 is 2.00 bits per heavy atom. The summed E-state index contributed by atoms with van der Waals surface area (Å²) in [6.07, 6.45) is 1.49. The molecule has 7 nitrogen and oxygen atoms in total. The van der Waals surface area contributed by atoms with Crippen molar-refractivity contribution in [2.24, 2.45) is 0 Å². The second kappa shape index (κ2) is 8.16. The Labute approximate surface area is 143 Å². The minimum absolute atomic E-state index is 0.145. The minimum Gasteiger partial charge on any atom is -0.497 e. The van der Waals surface area contributed by atoms with Crippen molar-refractivity contribution < 1.29 is 23.8 Å². The average molecular weight is 351 g/mol. The fraction of sp³-hybridized carbons (Fsp3) is 0.188. The van der Waals surface area contributed by atoms with Crippen LogP contribution in [-0.2, 0) is 9.53 Å². The number of pyridine rings is 1. The van der Waals surface area contributed by atoms with E-state index in [0.29, 0.717) is 17.2 Å². The van der Waals surface area contributed by atoms with Crippen molar-refractivity contribution in [3.05, 3.63) is 47.2 Å². The van der Waals surface area contributed by atoms with Gasteiger partial charge in [0, 0.05) is 6.20 Å². The fourth-order valence-corrected chi connectivity index (χ4v) is 2.01. The standard InChI is InChI=1S/C16H15ClN2O5/c1-22-10-5-6-13(23-2)11(8-10)16(21)24-9-14(20)19-12-4-3-7-18-15(12)17/h3-8H,9H2,1-2H3,(H,19,20). The molecule has 1 aromatic carbocycles. The van der Waals surface area contributed by atoms with Crippen LogP contribution in [0.4, 0.5) is 5.69 Å². The molecule has 1 aromatic heterocycles. The number of rotatable bonds is 6. The number of nitrogens with zero attached hydrogens (tertiary/aromatic N) is 1. The van der Waals surface area contributed by atoms with Crippen LogP contribution in [0.5, 0.6) is 11.5 Å². The maximum Gasteiger partial charge on any atom is 0.342 e. The highest BCUT2D eigenvalue weighted by atomic mass is 35.5. The molecule has 0 aliphatic carbocycles. The zero-order valence-electron chi connectivity index (χ0n) is 13.0. The number of aromatic nitrogens is 1. The van der Waals surface area contributed by atoms with E-state index in [-0.39, 0.29) is 10.7 Å². The molecule has 0 saturated heterocycles. The van der Waals surface area contributed by atoms with Gasteiger partial charge in [-0.3, -0.25) is 4.79 Å². The summed E-state index contributed by atoms with van der Waals surface area (Å²) < 4.78 is 15.2. The van der Waals surface area contributed by atoms with E-state index >= 15 is 0 Å². The zero-order chi connectivity index (χ0) is 17.5. The van der Waals surface area contributed by atoms with Gasteiger partial charge in [0.2, 0.25) is 0 Å². The first kappa shape index (κ1) is 17.6. The van der Waals surface area contributed by atoms with Crippen molar-refractivity contribution in [2.45, 2.75) is 0 Å². The second-order valence-corrected chi connectivity index (χ2v) is 4.89. The number of nitrogens with one attached hydrogen (secondary N) is 1. The molecule has 24 heavy (non-hydrogen) atoms. The third kappa shape index (κ3) is 4.36. The molecule has 126 valence electrons. The first-order valence-electron chi connectivity index (χ1n) is 6.84. The van der Waals surface area contributed by atoms with Crippen molar-refractivity contribution in [2.75, 3.05) is 26.1 Å². The molecular weight excluding hydrogens is 336 g/mol. The number of anilines is 1. The number of amides is 1. The second-order valence-electron chi connectivity index (χ2n) is 4.53. The number of carbonyl (C=O) groups is 2. The maximum absolute atomic E-state index is 12.1. The molecule has 0 aliphatic rings. The van der Waals surface area contributed by atoms with Gasteiger partial charge in [-0.1, -0.05) is 11.6 Å². The number of benzene rings is 1. The lowest BCUT2D eigenvalue weighted by atomic mass is 10.2. The maximum atomic E-state index is 12.1. The SMILES string of the molecule is COc1ccc(OC)c(C(=O)OCC(=O)Nc2cccnc2Cl)c1. The van der Waals surface area contributed by atoms with Gasteiger partial charge in [-0.2, -0.15) is 0 Å². The van der Waals surface area contributed by atoms with E-state index in [9.17, 15) is 9.59 Å². The average Bonchev–Trinajstić information content (AvgIpc) is 2.61. The highest BCUT2D eigenvalue weighted by Crippen LogP contribution is 2.24. The van der Waals surface area contributed by atoms with Gasteiger partial charge in [-0.05, 0) is 30.3 Å². The smallest absolute Gasteiger partial charge is 0.342 e. The van der Waals surface area contributed by atoms with Crippen LogP contribution in [0.15, 0.2) is 36.5 Å². The van der Waals surface area contributed by atoms with Gasteiger partial charge >= 0.3 is 5.97 Å². The van der Waals surface area contributed by atoms with Gasteiger partial charge in [-0.15, -0.1) is 0 Å². The van der Waals surface area contributed by atoms with E-state index in [4.69, 9.17) is 25.8 Å². The topological polar surface area (TPSA) is 86.8 Å². The third-order valence-corrected chi connectivity index (χ3v) is 3.30. The molecule has 0 radical (unpaired) electrons. The molecule has 0 aliphatic heterocycles. The summed E-state index contributed by atoms with van der Waals surface area (Å²) >= 11 is 5.84. The molecule has 2 aromatic rings. The third-order valence-electron chi connectivity index (χ3n) is 2.99. The summed E-state index contributed by atoms with van der Waals surface area (Å²) in [5.74, 6) is -0.468. The van der Waals surface area contributed by atoms with Crippen molar-refractivity contribution in [1.29, 1.82) is 0 Å². The first-order valence-corrected chi connectivity index (χ1v) is 7.22. The molecule has 0 atom stereocenters. The van der Waals surface area contributed by atoms with Crippen LogP contribution in [0.3, 0.4) is 0 Å². The molecule has 2 rings (SSSR count). The monoisotopic (exact) mass is 350 g/mol. The molecule has 1 amide bonds. The van der Waals surface area contributed by atoms with Gasteiger partial charge in [0.1, 0.15) is 17.1 Å². The van der Waals surface area contributed by atoms with Crippen LogP contribution in [0.1, 0.15) is 10.4 Å². The molecule has 0 unspecified atom stereocenters. The normalized spacial score (nSPS) is 9.96. The lowest BCUT2D eigenvalue weighted by molar-refractivity contribution is -0.119. The number of carbonyl (C=O) groups excluding carboxylic acids is 2. The number of hydrogen-bond acceptors (Lipinski definition) is 6. The van der Waals surface area contributed by atoms with Crippen molar-refractivity contribution >= 4 is 29.2 Å². The van der Waals surface area contributed by atoms with Crippen LogP contribution in [0.25, 0.3) is 0 Å². The van der Waals surface area contributed by atoms with E-state index in [1.165, 1.54) is 26.5 Å². The lowest BCUT2D eigenvalue weighted by Crippen LogP contribution is -2.21. The van der Waals surface area contributed by atoms with Gasteiger partial charge in [-0.25, -0.2) is 9.78 Å². The number of halogens is 1. The largest absolute Gasteiger partial charge is 0.497 e. The van der Waals surface area contributed by atoms with Crippen molar-refractivity contribution in [1.82, 2.24) is 4.98 Å². The van der Waals surface area contributed by atoms with Crippen LogP contribution in [0.2, 0.25) is 5.15 Å². The molecule has 1 N–H and O–H groups in total. The molecule has 8 heteroatoms. The van der Waals surface area contributed by atoms with Gasteiger partial charge in [0.25, 0.3) is 5.91 Å². The Hall–Kier alpha value is -2.80. The van der Waals surface area contributed by atoms with E-state index in [1.807, 2.05) is 0 Å². The van der Waals surface area contributed by atoms with E-state index < -0.39 is 18.5 Å². The summed E-state index contributed by atoms with van der Waals surface area (Å²) in [6, 6.07) is 7.89. The lowest BCUT2D eigenvalue weighted by Gasteiger charge is -2.10. The van der Waals surface area contributed by atoms with E-state index in [0.717, 1.165) is 0 Å². The molecule has 0 saturated carbocycles. The highest BCUT2D eigenvalue weighted by Gasteiger charge is 2.17. The summed E-state index contributed by atoms with van der Waals surface area (Å²) in [5.41, 5.74) is 0.489. The first-order chi connectivity index (χ1) is 11.5. The van der Waals surface area contributed by atoms with Gasteiger partial charge < -0.3 is 19.5 Å². The Bertz CT molecular complexity index is 751. The fourth-order valence-electron chi connectivity index (χ4n) is 1.85. The summed E-state index contributed by atoms with van der Waals surface area (Å²) in [6.45, 7) is -0.482. The number of esters is 1. The van der Waals surface area contributed by atoms with Crippen LogP contribution >= 0.6 is 11.6 Å². The number of hydrogen-bond donors (Lipinski definition) is 1. The Morgan fingerprint density at radius 3 is 2.67 bits per heavy atom. The Morgan fingerprint density at radius 1 is 1.21 bits per heavy atom. The molecule has 0 spiro atoms. The van der Waals surface area contributed by atoms with Crippen LogP contribution < -0.4 is 14.8 Å². The highest BCUT2D eigenvalue weighted by molar-refractivity contribution is 6.32. The Balaban J connectivity index is 2.00. The van der Waals surface area contributed by atoms with E-state index in [1.54, 1.807) is 24.3 Å². The van der Waals surface area contributed by atoms with Crippen LogP contribution in [-0.4, -0.2) is 37.7 Å². The molecule has 0 bridgehead atoms. The van der Waals surface area contributed by atoms with Crippen LogP contribution in [0, 0.1) is 0 Å². The predicted molar refractivity (Wildman–Crippen MR) is 87.7 cm³/mol. The Kier molecular flexibility index (Phi) is 5.97. The van der Waals surface area contributed by atoms with Gasteiger partial charge in [0.15, 0.2) is 11.8 Å². The number of methoxy groups -OCH3 is 2. The van der Waals surface area contributed by atoms with Crippen molar-refractivity contribution in [3.63, 3.8) is 0 Å². The summed E-state index contributed by atoms with van der Waals surface area (Å²) in [5, 5.41) is 2.65. The molecule has 1 heterocycles. The number of ether oxygens (including phenoxy) is 3. The molecular formula is C16H15ClN2O5. The zero-order valence-corrected chi connectivity index (χ0v) is 13.8. The summed E-state index contributed by atoms with van der Waals surface area (Å²) in [4.78, 5) is 27.8.